The van der Waals surface area contributed by atoms with Crippen molar-refractivity contribution >= 4 is 0 Å². The average Bonchev–Trinajstić information content (AvgIpc) is 3.12. The summed E-state index contributed by atoms with van der Waals surface area (Å²) in [5.74, 6) is 0. The van der Waals surface area contributed by atoms with Crippen LogP contribution in [0.2, 0.25) is 0 Å². The molecule has 0 radical (unpaired) electrons. The van der Waals surface area contributed by atoms with Crippen LogP contribution in [-0.2, 0) is 9.47 Å². The molecule has 1 rings (SSSR count). The Hall–Kier alpha value is -1.46. The largest absolute Gasteiger partial charge is 0.394 e. The summed E-state index contributed by atoms with van der Waals surface area (Å²) >= 11 is 0. The number of aliphatic hydroxyl groups excluding tert-OH is 2. The van der Waals surface area contributed by atoms with Crippen LogP contribution in [-0.4, -0.2) is 41.9 Å². The zero-order chi connectivity index (χ0) is 20.3. The number of aliphatic hydroxyl groups is 2. The van der Waals surface area contributed by atoms with Gasteiger partial charge in [-0.15, -0.1) is 0 Å². The summed E-state index contributed by atoms with van der Waals surface area (Å²) < 4.78 is 11.1. The minimum Gasteiger partial charge on any atom is -0.394 e. The van der Waals surface area contributed by atoms with E-state index in [1.165, 1.54) is 0 Å². The number of allylic oxidation sites excluding steroid dienone is 10. The third-order valence-corrected chi connectivity index (χ3v) is 4.40. The number of unbranched alkanes of at least 4 members (excludes halogenated alkanes) is 1. The normalized spacial score (nSPS) is 23.6. The van der Waals surface area contributed by atoms with Crippen LogP contribution in [0, 0.1) is 0 Å². The summed E-state index contributed by atoms with van der Waals surface area (Å²) in [7, 11) is 0. The molecular weight excluding hydrogens is 352 g/mol. The third-order valence-electron chi connectivity index (χ3n) is 4.40. The molecule has 4 nitrogen and oxygen atoms in total. The van der Waals surface area contributed by atoms with E-state index in [-0.39, 0.29) is 19.5 Å². The lowest BCUT2D eigenvalue weighted by Gasteiger charge is -2.09. The van der Waals surface area contributed by atoms with E-state index in [0.29, 0.717) is 0 Å². The monoisotopic (exact) mass is 390 g/mol. The van der Waals surface area contributed by atoms with E-state index < -0.39 is 12.2 Å². The minimum atomic E-state index is -0.399. The SMILES string of the molecule is CC/C=C\C/C=C\C/C=C\C/C=C\C/C=C\CCC[C@H]1O[C@@H](CO)[C@@H](CO)O1. The van der Waals surface area contributed by atoms with Crippen LogP contribution in [0.5, 0.6) is 0 Å². The van der Waals surface area contributed by atoms with Crippen molar-refractivity contribution in [1.29, 1.82) is 0 Å². The van der Waals surface area contributed by atoms with Crippen molar-refractivity contribution in [1.82, 2.24) is 0 Å². The molecule has 1 heterocycles. The van der Waals surface area contributed by atoms with Crippen molar-refractivity contribution in [3.05, 3.63) is 60.8 Å². The molecule has 0 aromatic rings. The van der Waals surface area contributed by atoms with Crippen LogP contribution in [0.4, 0.5) is 0 Å². The molecule has 0 amide bonds. The Bertz CT molecular complexity index is 493. The molecular formula is C24H38O4. The van der Waals surface area contributed by atoms with Crippen LogP contribution in [0.1, 0.15) is 58.3 Å². The van der Waals surface area contributed by atoms with Crippen molar-refractivity contribution in [3.8, 4) is 0 Å². The molecule has 158 valence electrons. The fraction of sp³-hybridized carbons (Fsp3) is 0.583. The summed E-state index contributed by atoms with van der Waals surface area (Å²) in [4.78, 5) is 0. The van der Waals surface area contributed by atoms with Gasteiger partial charge in [-0.1, -0.05) is 67.7 Å². The highest BCUT2D eigenvalue weighted by molar-refractivity contribution is 5.00. The lowest BCUT2D eigenvalue weighted by Crippen LogP contribution is -2.29. The van der Waals surface area contributed by atoms with Gasteiger partial charge in [0.25, 0.3) is 0 Å². The molecule has 0 aliphatic carbocycles. The topological polar surface area (TPSA) is 58.9 Å². The van der Waals surface area contributed by atoms with Gasteiger partial charge in [0.1, 0.15) is 12.2 Å². The molecule has 28 heavy (non-hydrogen) atoms. The van der Waals surface area contributed by atoms with E-state index in [1.54, 1.807) is 0 Å². The fourth-order valence-corrected chi connectivity index (χ4v) is 2.83. The lowest BCUT2D eigenvalue weighted by atomic mass is 10.2. The molecule has 0 aromatic heterocycles. The summed E-state index contributed by atoms with van der Waals surface area (Å²) in [6.45, 7) is 1.92. The van der Waals surface area contributed by atoms with Gasteiger partial charge in [0, 0.05) is 0 Å². The quantitative estimate of drug-likeness (QED) is 0.305. The average molecular weight is 391 g/mol. The van der Waals surface area contributed by atoms with E-state index in [0.717, 1.165) is 51.4 Å². The molecule has 0 spiro atoms. The van der Waals surface area contributed by atoms with Crippen LogP contribution in [0.25, 0.3) is 0 Å². The van der Waals surface area contributed by atoms with E-state index >= 15 is 0 Å². The van der Waals surface area contributed by atoms with Gasteiger partial charge in [0.05, 0.1) is 13.2 Å². The maximum Gasteiger partial charge on any atom is 0.158 e. The molecule has 0 aromatic carbocycles. The van der Waals surface area contributed by atoms with Gasteiger partial charge in [-0.05, 0) is 51.4 Å². The van der Waals surface area contributed by atoms with Gasteiger partial charge in [0.2, 0.25) is 0 Å². The van der Waals surface area contributed by atoms with E-state index in [4.69, 9.17) is 19.7 Å². The van der Waals surface area contributed by atoms with E-state index in [2.05, 4.69) is 67.7 Å². The second-order valence-electron chi connectivity index (χ2n) is 6.78. The molecule has 1 aliphatic rings. The van der Waals surface area contributed by atoms with Crippen molar-refractivity contribution in [3.63, 3.8) is 0 Å². The zero-order valence-electron chi connectivity index (χ0n) is 17.3. The van der Waals surface area contributed by atoms with Crippen molar-refractivity contribution in [2.75, 3.05) is 13.2 Å². The predicted octanol–water partition coefficient (Wildman–Crippen LogP) is 5.00. The van der Waals surface area contributed by atoms with Crippen LogP contribution < -0.4 is 0 Å². The standard InChI is InChI=1S/C24H38O4/c1-2-3-4-5-6-7-8-9-10-11-12-13-14-15-16-17-18-19-24-27-22(20-25)23(21-26)28-24/h3-4,6-7,9-10,12-13,15-16,22-26H,2,5,8,11,14,17-21H2,1H3/b4-3-,7-6-,10-9-,13-12-,16-15-/t22-,23+,24-. The number of hydrogen-bond donors (Lipinski definition) is 2. The molecule has 2 N–H and O–H groups in total. The lowest BCUT2D eigenvalue weighted by molar-refractivity contribution is -0.0788. The minimum absolute atomic E-state index is 0.115. The molecule has 0 saturated carbocycles. The first-order valence-electron chi connectivity index (χ1n) is 10.6. The Morgan fingerprint density at radius 1 is 0.643 bits per heavy atom. The summed E-state index contributed by atoms with van der Waals surface area (Å²) in [6.07, 6.45) is 28.6. The molecule has 1 fully saturated rings. The van der Waals surface area contributed by atoms with Crippen LogP contribution in [0.15, 0.2) is 60.8 Å². The first kappa shape index (κ1) is 24.6. The second kappa shape index (κ2) is 17.6. The van der Waals surface area contributed by atoms with Gasteiger partial charge < -0.3 is 19.7 Å². The van der Waals surface area contributed by atoms with Crippen molar-refractivity contribution in [2.24, 2.45) is 0 Å². The van der Waals surface area contributed by atoms with Crippen molar-refractivity contribution in [2.45, 2.75) is 76.8 Å². The molecule has 4 heteroatoms. The number of ether oxygens (including phenoxy) is 2. The number of hydrogen-bond acceptors (Lipinski definition) is 4. The van der Waals surface area contributed by atoms with Gasteiger partial charge in [0.15, 0.2) is 6.29 Å². The highest BCUT2D eigenvalue weighted by Gasteiger charge is 2.34. The smallest absolute Gasteiger partial charge is 0.158 e. The second-order valence-corrected chi connectivity index (χ2v) is 6.78. The first-order valence-corrected chi connectivity index (χ1v) is 10.6. The highest BCUT2D eigenvalue weighted by atomic mass is 16.7. The maximum atomic E-state index is 9.16. The number of rotatable bonds is 15. The summed E-state index contributed by atoms with van der Waals surface area (Å²) in [5.41, 5.74) is 0. The highest BCUT2D eigenvalue weighted by Crippen LogP contribution is 2.22. The van der Waals surface area contributed by atoms with Gasteiger partial charge >= 0.3 is 0 Å². The molecule has 3 atom stereocenters. The maximum absolute atomic E-state index is 9.16. The Balaban J connectivity index is 1.97. The van der Waals surface area contributed by atoms with E-state index in [9.17, 15) is 0 Å². The predicted molar refractivity (Wildman–Crippen MR) is 116 cm³/mol. The molecule has 1 saturated heterocycles. The van der Waals surface area contributed by atoms with Crippen molar-refractivity contribution < 1.29 is 19.7 Å². The first-order chi connectivity index (χ1) is 13.8. The molecule has 0 unspecified atom stereocenters. The summed E-state index contributed by atoms with van der Waals surface area (Å²) in [5, 5.41) is 18.3. The molecule has 0 bridgehead atoms. The fourth-order valence-electron chi connectivity index (χ4n) is 2.83. The van der Waals surface area contributed by atoms with Gasteiger partial charge in [-0.25, -0.2) is 0 Å². The Kier molecular flexibility index (Phi) is 15.5. The zero-order valence-corrected chi connectivity index (χ0v) is 17.3. The summed E-state index contributed by atoms with van der Waals surface area (Å²) in [6, 6.07) is 0. The van der Waals surface area contributed by atoms with Gasteiger partial charge in [-0.3, -0.25) is 0 Å². The Morgan fingerprint density at radius 3 is 1.50 bits per heavy atom. The molecule has 1 aliphatic heterocycles. The van der Waals surface area contributed by atoms with E-state index in [1.807, 2.05) is 0 Å². The third kappa shape index (κ3) is 12.1. The van der Waals surface area contributed by atoms with Crippen LogP contribution in [0.3, 0.4) is 0 Å². The Morgan fingerprint density at radius 2 is 1.07 bits per heavy atom. The van der Waals surface area contributed by atoms with Gasteiger partial charge in [-0.2, -0.15) is 0 Å². The van der Waals surface area contributed by atoms with Crippen LogP contribution >= 0.6 is 0 Å². The Labute approximate surface area is 170 Å².